The lowest BCUT2D eigenvalue weighted by Gasteiger charge is -2.12. The quantitative estimate of drug-likeness (QED) is 0.200. The van der Waals surface area contributed by atoms with E-state index >= 15 is 0 Å². The number of hydrogen-bond donors (Lipinski definition) is 0. The van der Waals surface area contributed by atoms with E-state index in [2.05, 4.69) is 131 Å². The number of hydrogen-bond acceptors (Lipinski definition) is 3. The summed E-state index contributed by atoms with van der Waals surface area (Å²) in [5, 5.41) is 4.74. The van der Waals surface area contributed by atoms with Gasteiger partial charge in [-0.15, -0.1) is 0 Å². The second kappa shape index (κ2) is 10.7. The van der Waals surface area contributed by atoms with Crippen LogP contribution in [0.3, 0.4) is 0 Å². The van der Waals surface area contributed by atoms with Crippen LogP contribution in [0, 0.1) is 0 Å². The molecule has 3 aromatic heterocycles. The van der Waals surface area contributed by atoms with Gasteiger partial charge in [-0.1, -0.05) is 104 Å². The molecule has 8 aromatic rings. The van der Waals surface area contributed by atoms with Gasteiger partial charge in [-0.3, -0.25) is 4.57 Å². The monoisotopic (exact) mass is 593 g/mol. The maximum atomic E-state index is 5.15. The summed E-state index contributed by atoms with van der Waals surface area (Å²) in [7, 11) is 0. The maximum absolute atomic E-state index is 5.15. The van der Waals surface area contributed by atoms with Gasteiger partial charge < -0.3 is 4.57 Å². The topological polar surface area (TPSA) is 48.5 Å². The van der Waals surface area contributed by atoms with E-state index in [1.807, 2.05) is 18.2 Å². The number of benzene rings is 5. The highest BCUT2D eigenvalue weighted by Gasteiger charge is 2.21. The van der Waals surface area contributed by atoms with Crippen molar-refractivity contribution in [1.29, 1.82) is 0 Å². The Morgan fingerprint density at radius 1 is 0.565 bits per heavy atom. The zero-order chi connectivity index (χ0) is 30.6. The number of allylic oxidation sites excluding steroid dienone is 4. The molecule has 9 rings (SSSR count). The van der Waals surface area contributed by atoms with Crippen molar-refractivity contribution in [2.75, 3.05) is 0 Å². The lowest BCUT2D eigenvalue weighted by atomic mass is 10.1. The van der Waals surface area contributed by atoms with Crippen LogP contribution in [0.5, 0.6) is 0 Å². The van der Waals surface area contributed by atoms with E-state index in [0.29, 0.717) is 17.6 Å². The van der Waals surface area contributed by atoms with Gasteiger partial charge in [0.15, 0.2) is 11.6 Å². The Bertz CT molecular complexity index is 2500. The van der Waals surface area contributed by atoms with Gasteiger partial charge in [0.05, 0.1) is 22.1 Å². The minimum Gasteiger partial charge on any atom is -0.309 e. The molecule has 0 fully saturated rings. The van der Waals surface area contributed by atoms with E-state index in [-0.39, 0.29) is 0 Å². The van der Waals surface area contributed by atoms with Crippen molar-refractivity contribution in [3.8, 4) is 23.0 Å². The van der Waals surface area contributed by atoms with Gasteiger partial charge in [0, 0.05) is 38.4 Å². The molecule has 0 saturated heterocycles. The summed E-state index contributed by atoms with van der Waals surface area (Å²) in [5.41, 5.74) is 9.01. The zero-order valence-corrected chi connectivity index (χ0v) is 25.6. The molecular formula is C41H31N5. The van der Waals surface area contributed by atoms with Crippen molar-refractivity contribution in [3.63, 3.8) is 0 Å². The van der Waals surface area contributed by atoms with E-state index in [0.717, 1.165) is 57.9 Å². The van der Waals surface area contributed by atoms with Gasteiger partial charge in [0.1, 0.15) is 0 Å². The SMILES string of the molecule is CCc1ccc(-n2c3ccccc3c3cc4c(cc32)c2ccccc2n4-c2nc(C3=CCCC=C3)nc(-c3ccccc3)n2)cc1. The average molecular weight is 594 g/mol. The Kier molecular flexibility index (Phi) is 6.17. The molecule has 5 nitrogen and oxygen atoms in total. The number of fused-ring (bicyclic) bond motifs is 6. The third-order valence-corrected chi connectivity index (χ3v) is 9.18. The third kappa shape index (κ3) is 4.20. The Labute approximate surface area is 266 Å². The molecule has 0 N–H and O–H groups in total. The van der Waals surface area contributed by atoms with Crippen LogP contribution >= 0.6 is 0 Å². The van der Waals surface area contributed by atoms with Crippen LogP contribution in [0.4, 0.5) is 0 Å². The van der Waals surface area contributed by atoms with Gasteiger partial charge in [-0.25, -0.2) is 4.98 Å². The summed E-state index contributed by atoms with van der Waals surface area (Å²) < 4.78 is 4.61. The smallest absolute Gasteiger partial charge is 0.238 e. The van der Waals surface area contributed by atoms with Crippen molar-refractivity contribution in [2.24, 2.45) is 0 Å². The minimum absolute atomic E-state index is 0.619. The van der Waals surface area contributed by atoms with Crippen molar-refractivity contribution in [3.05, 3.63) is 145 Å². The molecular weight excluding hydrogens is 562 g/mol. The number of nitrogens with zero attached hydrogens (tertiary/aromatic N) is 5. The van der Waals surface area contributed by atoms with E-state index in [1.165, 1.54) is 27.4 Å². The molecule has 3 heterocycles. The third-order valence-electron chi connectivity index (χ3n) is 9.18. The molecule has 5 aromatic carbocycles. The van der Waals surface area contributed by atoms with Crippen LogP contribution < -0.4 is 0 Å². The summed E-state index contributed by atoms with van der Waals surface area (Å²) in [4.78, 5) is 15.3. The molecule has 1 aliphatic carbocycles. The highest BCUT2D eigenvalue weighted by molar-refractivity contribution is 6.18. The van der Waals surface area contributed by atoms with Gasteiger partial charge in [0.25, 0.3) is 0 Å². The number of rotatable bonds is 5. The summed E-state index contributed by atoms with van der Waals surface area (Å²) in [6.07, 6.45) is 9.59. The zero-order valence-electron chi connectivity index (χ0n) is 25.6. The molecule has 0 atom stereocenters. The van der Waals surface area contributed by atoms with E-state index in [4.69, 9.17) is 15.0 Å². The number of para-hydroxylation sites is 2. The molecule has 0 saturated carbocycles. The highest BCUT2D eigenvalue weighted by atomic mass is 15.2. The summed E-state index contributed by atoms with van der Waals surface area (Å²) in [5.74, 6) is 1.98. The molecule has 1 aliphatic rings. The van der Waals surface area contributed by atoms with Crippen molar-refractivity contribution < 1.29 is 0 Å². The number of aryl methyl sites for hydroxylation is 1. The predicted molar refractivity (Wildman–Crippen MR) is 190 cm³/mol. The lowest BCUT2D eigenvalue weighted by molar-refractivity contribution is 0.928. The summed E-state index contributed by atoms with van der Waals surface area (Å²) in [6, 6.07) is 41.1. The normalized spacial score (nSPS) is 13.3. The van der Waals surface area contributed by atoms with E-state index < -0.39 is 0 Å². The van der Waals surface area contributed by atoms with Crippen molar-refractivity contribution >= 4 is 49.2 Å². The Morgan fingerprint density at radius 3 is 1.87 bits per heavy atom. The summed E-state index contributed by atoms with van der Waals surface area (Å²) >= 11 is 0. The van der Waals surface area contributed by atoms with Gasteiger partial charge >= 0.3 is 0 Å². The Balaban J connectivity index is 1.37. The average Bonchev–Trinajstić information content (AvgIpc) is 3.63. The van der Waals surface area contributed by atoms with Crippen LogP contribution in [0.25, 0.3) is 72.2 Å². The molecule has 5 heteroatoms. The molecule has 0 bridgehead atoms. The minimum atomic E-state index is 0.619. The van der Waals surface area contributed by atoms with Crippen LogP contribution in [-0.2, 0) is 6.42 Å². The van der Waals surface area contributed by atoms with Crippen LogP contribution in [0.2, 0.25) is 0 Å². The van der Waals surface area contributed by atoms with Crippen molar-refractivity contribution in [1.82, 2.24) is 24.1 Å². The fourth-order valence-corrected chi connectivity index (χ4v) is 6.89. The van der Waals surface area contributed by atoms with Gasteiger partial charge in [-0.2, -0.15) is 9.97 Å². The molecule has 0 aliphatic heterocycles. The first-order chi connectivity index (χ1) is 22.8. The molecule has 0 unspecified atom stereocenters. The largest absolute Gasteiger partial charge is 0.309 e. The number of aromatic nitrogens is 5. The molecule has 0 spiro atoms. The van der Waals surface area contributed by atoms with E-state index in [9.17, 15) is 0 Å². The standard InChI is InChI=1S/C41H31N5/c1-2-27-21-23-30(24-22-27)45-35-19-11-9-17-31(35)33-26-38-34(25-37(33)45)32-18-10-12-20-36(32)46(38)41-43-39(28-13-5-3-6-14-28)42-40(44-41)29-15-7-4-8-16-29/h3,5-7,9-26H,2,4,8H2,1H3. The molecule has 46 heavy (non-hydrogen) atoms. The first-order valence-corrected chi connectivity index (χ1v) is 16.0. The fourth-order valence-electron chi connectivity index (χ4n) is 6.89. The maximum Gasteiger partial charge on any atom is 0.238 e. The van der Waals surface area contributed by atoms with Crippen LogP contribution in [0.15, 0.2) is 133 Å². The Hall–Kier alpha value is -5.81. The van der Waals surface area contributed by atoms with Crippen LogP contribution in [-0.4, -0.2) is 24.1 Å². The highest BCUT2D eigenvalue weighted by Crippen LogP contribution is 2.39. The van der Waals surface area contributed by atoms with E-state index in [1.54, 1.807) is 0 Å². The second-order valence-corrected chi connectivity index (χ2v) is 11.9. The van der Waals surface area contributed by atoms with Gasteiger partial charge in [-0.05, 0) is 61.2 Å². The molecule has 0 radical (unpaired) electrons. The van der Waals surface area contributed by atoms with Crippen molar-refractivity contribution in [2.45, 2.75) is 26.2 Å². The second-order valence-electron chi connectivity index (χ2n) is 11.9. The first kappa shape index (κ1) is 26.6. The fraction of sp³-hybridized carbons (Fsp3) is 0.0976. The first-order valence-electron chi connectivity index (χ1n) is 16.0. The lowest BCUT2D eigenvalue weighted by Crippen LogP contribution is -2.08. The Morgan fingerprint density at radius 2 is 1.20 bits per heavy atom. The predicted octanol–water partition coefficient (Wildman–Crippen LogP) is 10.0. The summed E-state index contributed by atoms with van der Waals surface area (Å²) in [6.45, 7) is 2.20. The van der Waals surface area contributed by atoms with Crippen LogP contribution in [0.1, 0.15) is 31.2 Å². The molecule has 0 amide bonds. The van der Waals surface area contributed by atoms with Gasteiger partial charge in [0.2, 0.25) is 5.95 Å². The molecule has 220 valence electrons.